The second kappa shape index (κ2) is 8.15. The van der Waals surface area contributed by atoms with Crippen molar-refractivity contribution in [2.45, 2.75) is 32.0 Å². The molecule has 1 fully saturated rings. The van der Waals surface area contributed by atoms with Gasteiger partial charge in [0.25, 0.3) is 0 Å². The van der Waals surface area contributed by atoms with Gasteiger partial charge in [0, 0.05) is 44.3 Å². The van der Waals surface area contributed by atoms with Gasteiger partial charge < -0.3 is 25.4 Å². The van der Waals surface area contributed by atoms with Crippen LogP contribution in [0.5, 0.6) is 6.01 Å². The summed E-state index contributed by atoms with van der Waals surface area (Å²) in [5, 5.41) is 16.3. The number of piperazine rings is 1. The van der Waals surface area contributed by atoms with Gasteiger partial charge in [-0.25, -0.2) is 4.79 Å². The number of fused-ring (bicyclic) bond motifs is 1. The maximum atomic E-state index is 11.7. The lowest BCUT2D eigenvalue weighted by atomic mass is 9.94. The number of nitrogens with one attached hydrogen (secondary N) is 2. The Labute approximate surface area is 153 Å². The summed E-state index contributed by atoms with van der Waals surface area (Å²) in [6.07, 6.45) is -0.131. The van der Waals surface area contributed by atoms with E-state index in [1.807, 2.05) is 19.0 Å². The molecule has 3 heterocycles. The predicted octanol–water partition coefficient (Wildman–Crippen LogP) is 0.0755. The van der Waals surface area contributed by atoms with Crippen molar-refractivity contribution < 1.29 is 14.6 Å². The molecule has 2 atom stereocenters. The summed E-state index contributed by atoms with van der Waals surface area (Å²) in [5.41, 5.74) is 2.73. The number of rotatable bonds is 5. The third kappa shape index (κ3) is 4.22. The highest BCUT2D eigenvalue weighted by Gasteiger charge is 2.33. The van der Waals surface area contributed by atoms with E-state index in [4.69, 9.17) is 4.74 Å². The number of hydrogen-bond donors (Lipinski definition) is 3. The molecule has 9 heteroatoms. The van der Waals surface area contributed by atoms with Crippen LogP contribution in [0.3, 0.4) is 0 Å². The van der Waals surface area contributed by atoms with Crippen LogP contribution in [0.1, 0.15) is 29.9 Å². The number of ether oxygens (including phenoxy) is 1. The van der Waals surface area contributed by atoms with Crippen molar-refractivity contribution in [1.82, 2.24) is 30.4 Å². The van der Waals surface area contributed by atoms with Crippen molar-refractivity contribution in [2.75, 3.05) is 46.9 Å². The summed E-state index contributed by atoms with van der Waals surface area (Å²) in [4.78, 5) is 24.4. The number of carboxylic acid groups (broad SMARTS) is 1. The zero-order chi connectivity index (χ0) is 18.7. The maximum Gasteiger partial charge on any atom is 0.407 e. The fraction of sp³-hybridized carbons (Fsp3) is 0.706. The fourth-order valence-corrected chi connectivity index (χ4v) is 3.38. The van der Waals surface area contributed by atoms with Gasteiger partial charge >= 0.3 is 12.1 Å². The first-order valence-electron chi connectivity index (χ1n) is 9.06. The summed E-state index contributed by atoms with van der Waals surface area (Å²) in [7, 11) is 3.96. The van der Waals surface area contributed by atoms with Crippen LogP contribution < -0.4 is 15.4 Å². The number of carbonyl (C=O) groups is 1. The summed E-state index contributed by atoms with van der Waals surface area (Å²) in [6, 6.07) is 0.313. The first kappa shape index (κ1) is 18.8. The summed E-state index contributed by atoms with van der Waals surface area (Å²) in [5.74, 6) is 0. The number of amides is 1. The van der Waals surface area contributed by atoms with Crippen molar-refractivity contribution >= 4 is 6.09 Å². The Morgan fingerprint density at radius 2 is 2.23 bits per heavy atom. The molecular formula is C17H28N6O3. The molecule has 1 aromatic heterocycles. The van der Waals surface area contributed by atoms with Gasteiger partial charge in [-0.05, 0) is 27.4 Å². The average Bonchev–Trinajstić information content (AvgIpc) is 2.61. The highest BCUT2D eigenvalue weighted by atomic mass is 16.5. The van der Waals surface area contributed by atoms with E-state index in [0.29, 0.717) is 44.8 Å². The van der Waals surface area contributed by atoms with Gasteiger partial charge in [0.15, 0.2) is 0 Å². The second-order valence-electron chi connectivity index (χ2n) is 7.15. The van der Waals surface area contributed by atoms with Crippen molar-refractivity contribution in [3.05, 3.63) is 17.0 Å². The van der Waals surface area contributed by atoms with Gasteiger partial charge in [-0.3, -0.25) is 4.90 Å². The Balaban J connectivity index is 1.93. The monoisotopic (exact) mass is 364 g/mol. The third-order valence-corrected chi connectivity index (χ3v) is 4.81. The largest absolute Gasteiger partial charge is 0.465 e. The normalized spacial score (nSPS) is 23.0. The number of likely N-dealkylation sites (N-methyl/N-ethyl adjacent to an activating group) is 1. The molecule has 9 nitrogen and oxygen atoms in total. The molecule has 2 unspecified atom stereocenters. The van der Waals surface area contributed by atoms with Crippen molar-refractivity contribution in [1.29, 1.82) is 0 Å². The van der Waals surface area contributed by atoms with Crippen LogP contribution in [-0.2, 0) is 13.0 Å². The topological polar surface area (TPSA) is 103 Å². The molecule has 26 heavy (non-hydrogen) atoms. The molecule has 3 rings (SSSR count). The zero-order valence-electron chi connectivity index (χ0n) is 15.7. The Hall–Kier alpha value is -1.97. The number of aromatic nitrogens is 2. The SMILES string of the molecule is CC1Cc2c(nc(OCCN(C)C)nc2C2CNCCN2C(=O)O)CN1. The third-order valence-electron chi connectivity index (χ3n) is 4.81. The van der Waals surface area contributed by atoms with E-state index < -0.39 is 6.09 Å². The molecule has 2 aliphatic rings. The van der Waals surface area contributed by atoms with Crippen LogP contribution >= 0.6 is 0 Å². The predicted molar refractivity (Wildman–Crippen MR) is 96.4 cm³/mol. The maximum absolute atomic E-state index is 11.7. The minimum Gasteiger partial charge on any atom is -0.465 e. The zero-order valence-corrected chi connectivity index (χ0v) is 15.7. The molecule has 1 amide bonds. The second-order valence-corrected chi connectivity index (χ2v) is 7.15. The van der Waals surface area contributed by atoms with Gasteiger partial charge in [0.2, 0.25) is 0 Å². The van der Waals surface area contributed by atoms with Gasteiger partial charge in [-0.1, -0.05) is 0 Å². The number of hydrogen-bond acceptors (Lipinski definition) is 7. The van der Waals surface area contributed by atoms with Crippen molar-refractivity contribution in [3.8, 4) is 6.01 Å². The summed E-state index contributed by atoms with van der Waals surface area (Å²) in [6.45, 7) is 5.65. The Morgan fingerprint density at radius 3 is 2.96 bits per heavy atom. The Morgan fingerprint density at radius 1 is 1.42 bits per heavy atom. The molecule has 0 radical (unpaired) electrons. The molecule has 144 valence electrons. The lowest BCUT2D eigenvalue weighted by Gasteiger charge is -2.36. The highest BCUT2D eigenvalue weighted by Crippen LogP contribution is 2.29. The van der Waals surface area contributed by atoms with Crippen molar-refractivity contribution in [2.24, 2.45) is 0 Å². The standard InChI is InChI=1S/C17H28N6O3/c1-11-8-12-13(9-19-11)20-16(26-7-6-22(2)3)21-15(12)14-10-18-4-5-23(14)17(24)25/h11,14,18-19H,4-10H2,1-3H3,(H,24,25). The fourth-order valence-electron chi connectivity index (χ4n) is 3.38. The summed E-state index contributed by atoms with van der Waals surface area (Å²) >= 11 is 0. The lowest BCUT2D eigenvalue weighted by molar-refractivity contribution is 0.110. The van der Waals surface area contributed by atoms with Crippen LogP contribution in [0.15, 0.2) is 0 Å². The van der Waals surface area contributed by atoms with Gasteiger partial charge in [0.05, 0.1) is 17.4 Å². The van der Waals surface area contributed by atoms with Crippen LogP contribution in [0.4, 0.5) is 4.79 Å². The Bertz CT molecular complexity index is 654. The molecule has 0 bridgehead atoms. The van der Waals surface area contributed by atoms with E-state index in [9.17, 15) is 9.90 Å². The smallest absolute Gasteiger partial charge is 0.407 e. The van der Waals surface area contributed by atoms with E-state index in [2.05, 4.69) is 27.5 Å². The first-order chi connectivity index (χ1) is 12.5. The minimum absolute atomic E-state index is 0.306. The quantitative estimate of drug-likeness (QED) is 0.675. The van der Waals surface area contributed by atoms with Gasteiger partial charge in [-0.2, -0.15) is 9.97 Å². The molecule has 0 aliphatic carbocycles. The van der Waals surface area contributed by atoms with Crippen LogP contribution in [0.2, 0.25) is 0 Å². The molecule has 3 N–H and O–H groups in total. The first-order valence-corrected chi connectivity index (χ1v) is 9.06. The number of nitrogens with zero attached hydrogens (tertiary/aromatic N) is 4. The molecular weight excluding hydrogens is 336 g/mol. The van der Waals surface area contributed by atoms with Crippen LogP contribution in [-0.4, -0.2) is 83.9 Å². The lowest BCUT2D eigenvalue weighted by Crippen LogP contribution is -2.49. The van der Waals surface area contributed by atoms with Gasteiger partial charge in [-0.15, -0.1) is 0 Å². The van der Waals surface area contributed by atoms with E-state index in [0.717, 1.165) is 29.9 Å². The minimum atomic E-state index is -0.916. The average molecular weight is 364 g/mol. The van der Waals surface area contributed by atoms with Gasteiger partial charge in [0.1, 0.15) is 6.61 Å². The summed E-state index contributed by atoms with van der Waals surface area (Å²) < 4.78 is 5.76. The van der Waals surface area contributed by atoms with Crippen LogP contribution in [0.25, 0.3) is 0 Å². The van der Waals surface area contributed by atoms with E-state index in [-0.39, 0.29) is 6.04 Å². The highest BCUT2D eigenvalue weighted by molar-refractivity contribution is 5.66. The van der Waals surface area contributed by atoms with Crippen molar-refractivity contribution in [3.63, 3.8) is 0 Å². The Kier molecular flexibility index (Phi) is 5.90. The molecule has 0 aromatic carbocycles. The van der Waals surface area contributed by atoms with E-state index in [1.165, 1.54) is 4.90 Å². The van der Waals surface area contributed by atoms with Crippen LogP contribution in [0, 0.1) is 0 Å². The molecule has 2 aliphatic heterocycles. The molecule has 1 saturated heterocycles. The molecule has 1 aromatic rings. The van der Waals surface area contributed by atoms with E-state index in [1.54, 1.807) is 0 Å². The molecule has 0 spiro atoms. The van der Waals surface area contributed by atoms with E-state index >= 15 is 0 Å². The molecule has 0 saturated carbocycles.